The molecule has 0 radical (unpaired) electrons. The lowest BCUT2D eigenvalue weighted by Crippen LogP contribution is -2.44. The molecule has 1 aromatic carbocycles. The Balaban J connectivity index is 2.56. The maximum absolute atomic E-state index is 11.3. The lowest BCUT2D eigenvalue weighted by Gasteiger charge is -2.39. The van der Waals surface area contributed by atoms with Gasteiger partial charge in [-0.3, -0.25) is 4.79 Å². The average Bonchev–Trinajstić information content (AvgIpc) is 2.27. The van der Waals surface area contributed by atoms with Crippen LogP contribution in [0.3, 0.4) is 0 Å². The number of carboxylic acid groups (broad SMARTS) is 1. The standard InChI is InChI=1S/C13H17NO2S/c1-7-5-6-8(2)11-10(7)14(4)9(3)12(17-11)13(15)16/h5-6,9,12H,1-4H3,(H,15,16). The van der Waals surface area contributed by atoms with Gasteiger partial charge >= 0.3 is 5.97 Å². The average molecular weight is 251 g/mol. The molecule has 1 N–H and O–H groups in total. The molecule has 0 aliphatic carbocycles. The van der Waals surface area contributed by atoms with Crippen molar-refractivity contribution in [2.24, 2.45) is 0 Å². The number of thioether (sulfide) groups is 1. The van der Waals surface area contributed by atoms with Gasteiger partial charge < -0.3 is 10.0 Å². The highest BCUT2D eigenvalue weighted by Gasteiger charge is 2.36. The SMILES string of the molecule is Cc1ccc(C)c2c1SC(C(=O)O)C(C)N2C. The molecule has 0 bridgehead atoms. The zero-order valence-corrected chi connectivity index (χ0v) is 11.3. The van der Waals surface area contributed by atoms with Crippen LogP contribution in [0.5, 0.6) is 0 Å². The number of nitrogens with zero attached hydrogens (tertiary/aromatic N) is 1. The number of rotatable bonds is 1. The first-order chi connectivity index (χ1) is 7.93. The van der Waals surface area contributed by atoms with Gasteiger partial charge in [0.15, 0.2) is 0 Å². The molecule has 92 valence electrons. The van der Waals surface area contributed by atoms with Crippen LogP contribution in [0.2, 0.25) is 0 Å². The van der Waals surface area contributed by atoms with Crippen LogP contribution in [0.1, 0.15) is 18.1 Å². The van der Waals surface area contributed by atoms with Crippen molar-refractivity contribution in [2.75, 3.05) is 11.9 Å². The molecule has 0 fully saturated rings. The van der Waals surface area contributed by atoms with Gasteiger partial charge in [-0.1, -0.05) is 12.1 Å². The van der Waals surface area contributed by atoms with Crippen molar-refractivity contribution in [3.8, 4) is 0 Å². The van der Waals surface area contributed by atoms with E-state index in [1.54, 1.807) is 0 Å². The fourth-order valence-corrected chi connectivity index (χ4v) is 3.65. The van der Waals surface area contributed by atoms with Crippen molar-refractivity contribution in [3.63, 3.8) is 0 Å². The summed E-state index contributed by atoms with van der Waals surface area (Å²) in [5, 5.41) is 8.87. The second-order valence-electron chi connectivity index (χ2n) is 4.61. The summed E-state index contributed by atoms with van der Waals surface area (Å²) in [6.45, 7) is 6.08. The van der Waals surface area contributed by atoms with Crippen LogP contribution in [0.25, 0.3) is 0 Å². The van der Waals surface area contributed by atoms with Crippen LogP contribution in [0.4, 0.5) is 5.69 Å². The first-order valence-electron chi connectivity index (χ1n) is 5.66. The Hall–Kier alpha value is -1.16. The quantitative estimate of drug-likeness (QED) is 0.833. The van der Waals surface area contributed by atoms with E-state index in [9.17, 15) is 9.90 Å². The summed E-state index contributed by atoms with van der Waals surface area (Å²) < 4.78 is 0. The van der Waals surface area contributed by atoms with E-state index in [1.165, 1.54) is 23.0 Å². The lowest BCUT2D eigenvalue weighted by molar-refractivity contribution is -0.136. The normalized spacial score (nSPS) is 23.4. The largest absolute Gasteiger partial charge is 0.480 e. The maximum Gasteiger partial charge on any atom is 0.319 e. The smallest absolute Gasteiger partial charge is 0.319 e. The van der Waals surface area contributed by atoms with E-state index in [0.29, 0.717) is 0 Å². The summed E-state index contributed by atoms with van der Waals surface area (Å²) in [6.07, 6.45) is 0. The lowest BCUT2D eigenvalue weighted by atomic mass is 10.1. The summed E-state index contributed by atoms with van der Waals surface area (Å²) >= 11 is 1.48. The molecule has 4 heteroatoms. The molecule has 2 atom stereocenters. The van der Waals surface area contributed by atoms with Gasteiger partial charge in [0.25, 0.3) is 0 Å². The highest BCUT2D eigenvalue weighted by atomic mass is 32.2. The molecule has 1 aliphatic heterocycles. The number of carbonyl (C=O) groups is 1. The van der Waals surface area contributed by atoms with Crippen LogP contribution in [-0.4, -0.2) is 29.4 Å². The van der Waals surface area contributed by atoms with E-state index in [-0.39, 0.29) is 6.04 Å². The Morgan fingerprint density at radius 3 is 2.53 bits per heavy atom. The Morgan fingerprint density at radius 1 is 1.35 bits per heavy atom. The minimum Gasteiger partial charge on any atom is -0.480 e. The number of benzene rings is 1. The van der Waals surface area contributed by atoms with E-state index in [0.717, 1.165) is 10.5 Å². The Morgan fingerprint density at radius 2 is 1.94 bits per heavy atom. The number of hydrogen-bond donors (Lipinski definition) is 1. The molecule has 0 saturated carbocycles. The summed E-state index contributed by atoms with van der Waals surface area (Å²) in [4.78, 5) is 14.5. The van der Waals surface area contributed by atoms with E-state index < -0.39 is 11.2 Å². The molecule has 2 unspecified atom stereocenters. The van der Waals surface area contributed by atoms with Gasteiger partial charge in [-0.05, 0) is 31.9 Å². The molecule has 1 aromatic rings. The van der Waals surface area contributed by atoms with Gasteiger partial charge in [-0.25, -0.2) is 0 Å². The minimum absolute atomic E-state index is 0.00509. The van der Waals surface area contributed by atoms with Crippen LogP contribution in [0, 0.1) is 13.8 Å². The predicted molar refractivity (Wildman–Crippen MR) is 71.1 cm³/mol. The number of aliphatic carboxylic acids is 1. The number of anilines is 1. The van der Waals surface area contributed by atoms with Gasteiger partial charge in [-0.15, -0.1) is 11.8 Å². The summed E-state index contributed by atoms with van der Waals surface area (Å²) in [6, 6.07) is 4.16. The second-order valence-corrected chi connectivity index (χ2v) is 5.76. The fourth-order valence-electron chi connectivity index (χ4n) is 2.25. The number of hydrogen-bond acceptors (Lipinski definition) is 3. The maximum atomic E-state index is 11.3. The molecule has 2 rings (SSSR count). The number of carboxylic acids is 1. The minimum atomic E-state index is -0.735. The van der Waals surface area contributed by atoms with E-state index in [4.69, 9.17) is 0 Å². The van der Waals surface area contributed by atoms with E-state index in [1.807, 2.05) is 20.9 Å². The highest BCUT2D eigenvalue weighted by Crippen LogP contribution is 2.44. The van der Waals surface area contributed by atoms with Crippen molar-refractivity contribution >= 4 is 23.4 Å². The van der Waals surface area contributed by atoms with Crippen molar-refractivity contribution in [1.82, 2.24) is 0 Å². The van der Waals surface area contributed by atoms with Crippen LogP contribution in [-0.2, 0) is 4.79 Å². The summed E-state index contributed by atoms with van der Waals surface area (Å²) in [5.41, 5.74) is 3.54. The van der Waals surface area contributed by atoms with Crippen LogP contribution in [0.15, 0.2) is 17.0 Å². The first-order valence-corrected chi connectivity index (χ1v) is 6.54. The number of fused-ring (bicyclic) bond motifs is 1. The molecule has 0 saturated heterocycles. The molecule has 0 aromatic heterocycles. The number of aryl methyl sites for hydroxylation is 2. The van der Waals surface area contributed by atoms with Gasteiger partial charge in [-0.2, -0.15) is 0 Å². The van der Waals surface area contributed by atoms with E-state index in [2.05, 4.69) is 24.0 Å². The third-order valence-electron chi connectivity index (χ3n) is 3.42. The Labute approximate surface area is 106 Å². The van der Waals surface area contributed by atoms with Crippen molar-refractivity contribution in [2.45, 2.75) is 37.0 Å². The molecule has 17 heavy (non-hydrogen) atoms. The molecule has 1 aliphatic rings. The molecular formula is C13H17NO2S. The fraction of sp³-hybridized carbons (Fsp3) is 0.462. The third-order valence-corrected chi connectivity index (χ3v) is 5.02. The first kappa shape index (κ1) is 12.3. The molecular weight excluding hydrogens is 234 g/mol. The summed E-state index contributed by atoms with van der Waals surface area (Å²) in [5.74, 6) is -0.735. The molecule has 0 spiro atoms. The monoisotopic (exact) mass is 251 g/mol. The topological polar surface area (TPSA) is 40.5 Å². The zero-order valence-electron chi connectivity index (χ0n) is 10.5. The third kappa shape index (κ3) is 1.90. The van der Waals surface area contributed by atoms with Gasteiger partial charge in [0, 0.05) is 18.0 Å². The molecule has 0 amide bonds. The predicted octanol–water partition coefficient (Wildman–Crippen LogP) is 2.69. The van der Waals surface area contributed by atoms with Crippen LogP contribution >= 0.6 is 11.8 Å². The summed E-state index contributed by atoms with van der Waals surface area (Å²) in [7, 11) is 1.98. The second kappa shape index (κ2) is 4.26. The van der Waals surface area contributed by atoms with Gasteiger partial charge in [0.2, 0.25) is 0 Å². The highest BCUT2D eigenvalue weighted by molar-refractivity contribution is 8.01. The van der Waals surface area contributed by atoms with Crippen molar-refractivity contribution < 1.29 is 9.90 Å². The van der Waals surface area contributed by atoms with Crippen LogP contribution < -0.4 is 4.90 Å². The Bertz CT molecular complexity index is 473. The van der Waals surface area contributed by atoms with E-state index >= 15 is 0 Å². The molecule has 3 nitrogen and oxygen atoms in total. The van der Waals surface area contributed by atoms with Gasteiger partial charge in [0.1, 0.15) is 5.25 Å². The zero-order chi connectivity index (χ0) is 12.7. The van der Waals surface area contributed by atoms with Crippen molar-refractivity contribution in [3.05, 3.63) is 23.3 Å². The van der Waals surface area contributed by atoms with Gasteiger partial charge in [0.05, 0.1) is 5.69 Å². The van der Waals surface area contributed by atoms with Crippen molar-refractivity contribution in [1.29, 1.82) is 0 Å². The molecule has 1 heterocycles. The Kier molecular flexibility index (Phi) is 3.08.